The van der Waals surface area contributed by atoms with Crippen LogP contribution >= 0.6 is 0 Å². The lowest BCUT2D eigenvalue weighted by Crippen LogP contribution is -1.91. The number of carbonyl (C=O) groups excluding carboxylic acids is 1. The Balaban J connectivity index is 2.35. The summed E-state index contributed by atoms with van der Waals surface area (Å²) >= 11 is 0. The number of aldehydes is 1. The predicted molar refractivity (Wildman–Crippen MR) is 75.4 cm³/mol. The summed E-state index contributed by atoms with van der Waals surface area (Å²) in [6.07, 6.45) is 0.858. The number of aryl methyl sites for hydroxylation is 1. The molecule has 0 unspecified atom stereocenters. The maximum atomic E-state index is 11.1. The van der Waals surface area contributed by atoms with E-state index in [-0.39, 0.29) is 5.75 Å². The first-order valence-corrected chi connectivity index (χ1v) is 6.04. The molecule has 0 saturated heterocycles. The zero-order chi connectivity index (χ0) is 13.4. The SMILES string of the molecule is Cn1c(-c2ccccc2O)cc2c(C=O)cccc21. The molecule has 0 aliphatic carbocycles. The Morgan fingerprint density at radius 1 is 1.11 bits per heavy atom. The molecule has 0 aliphatic heterocycles. The van der Waals surface area contributed by atoms with Crippen molar-refractivity contribution in [3.8, 4) is 17.0 Å². The number of benzene rings is 2. The number of hydrogen-bond donors (Lipinski definition) is 1. The Morgan fingerprint density at radius 2 is 1.89 bits per heavy atom. The average Bonchev–Trinajstić information content (AvgIpc) is 2.77. The fraction of sp³-hybridized carbons (Fsp3) is 0.0625. The predicted octanol–water partition coefficient (Wildman–Crippen LogP) is 3.36. The van der Waals surface area contributed by atoms with Crippen molar-refractivity contribution in [3.63, 3.8) is 0 Å². The van der Waals surface area contributed by atoms with E-state index in [9.17, 15) is 9.90 Å². The first-order valence-electron chi connectivity index (χ1n) is 6.04. The van der Waals surface area contributed by atoms with E-state index in [0.717, 1.165) is 28.4 Å². The van der Waals surface area contributed by atoms with Crippen LogP contribution in [0.3, 0.4) is 0 Å². The van der Waals surface area contributed by atoms with E-state index in [1.165, 1.54) is 0 Å². The van der Waals surface area contributed by atoms with Crippen molar-refractivity contribution < 1.29 is 9.90 Å². The summed E-state index contributed by atoms with van der Waals surface area (Å²) in [5.41, 5.74) is 3.29. The Kier molecular flexibility index (Phi) is 2.60. The van der Waals surface area contributed by atoms with Crippen molar-refractivity contribution in [3.05, 3.63) is 54.1 Å². The lowest BCUT2D eigenvalue weighted by molar-refractivity contribution is 0.112. The number of hydrogen-bond acceptors (Lipinski definition) is 2. The zero-order valence-electron chi connectivity index (χ0n) is 10.5. The van der Waals surface area contributed by atoms with Gasteiger partial charge in [-0.25, -0.2) is 0 Å². The number of phenolic OH excluding ortho intramolecular Hbond substituents is 1. The van der Waals surface area contributed by atoms with Crippen LogP contribution in [0.1, 0.15) is 10.4 Å². The van der Waals surface area contributed by atoms with Crippen LogP contribution in [0, 0.1) is 0 Å². The fourth-order valence-electron chi connectivity index (χ4n) is 2.43. The maximum Gasteiger partial charge on any atom is 0.150 e. The van der Waals surface area contributed by atoms with Gasteiger partial charge in [0.25, 0.3) is 0 Å². The van der Waals surface area contributed by atoms with Crippen LogP contribution in [-0.2, 0) is 7.05 Å². The highest BCUT2D eigenvalue weighted by Crippen LogP contribution is 2.33. The molecule has 19 heavy (non-hydrogen) atoms. The summed E-state index contributed by atoms with van der Waals surface area (Å²) in [5, 5.41) is 10.9. The third kappa shape index (κ3) is 1.71. The quantitative estimate of drug-likeness (QED) is 0.709. The largest absolute Gasteiger partial charge is 0.507 e. The summed E-state index contributed by atoms with van der Waals surface area (Å²) in [5.74, 6) is 0.237. The second kappa shape index (κ2) is 4.28. The first-order chi connectivity index (χ1) is 9.22. The summed E-state index contributed by atoms with van der Waals surface area (Å²) in [7, 11) is 1.93. The van der Waals surface area contributed by atoms with Gasteiger partial charge < -0.3 is 9.67 Å². The third-order valence-corrected chi connectivity index (χ3v) is 3.43. The van der Waals surface area contributed by atoms with Crippen LogP contribution in [0.15, 0.2) is 48.5 Å². The standard InChI is InChI=1S/C16H13NO2/c1-17-14-7-4-5-11(10-18)13(14)9-15(17)12-6-2-3-8-16(12)19/h2-10,19H,1H3. The highest BCUT2D eigenvalue weighted by atomic mass is 16.3. The van der Waals surface area contributed by atoms with E-state index in [1.54, 1.807) is 18.2 Å². The molecule has 0 fully saturated rings. The van der Waals surface area contributed by atoms with Crippen molar-refractivity contribution in [1.82, 2.24) is 4.57 Å². The Morgan fingerprint density at radius 3 is 2.63 bits per heavy atom. The zero-order valence-corrected chi connectivity index (χ0v) is 10.5. The van der Waals surface area contributed by atoms with Crippen molar-refractivity contribution >= 4 is 17.2 Å². The minimum Gasteiger partial charge on any atom is -0.507 e. The fourth-order valence-corrected chi connectivity index (χ4v) is 2.43. The monoisotopic (exact) mass is 251 g/mol. The lowest BCUT2D eigenvalue weighted by Gasteiger charge is -2.06. The van der Waals surface area contributed by atoms with Gasteiger partial charge in [0.1, 0.15) is 5.75 Å². The normalized spacial score (nSPS) is 10.8. The molecule has 1 heterocycles. The van der Waals surface area contributed by atoms with Gasteiger partial charge >= 0.3 is 0 Å². The van der Waals surface area contributed by atoms with Gasteiger partial charge in [0.05, 0.1) is 5.69 Å². The second-order valence-electron chi connectivity index (χ2n) is 4.50. The number of aromatic hydroxyl groups is 1. The first kappa shape index (κ1) is 11.5. The number of rotatable bonds is 2. The van der Waals surface area contributed by atoms with E-state index >= 15 is 0 Å². The number of fused-ring (bicyclic) bond motifs is 1. The van der Waals surface area contributed by atoms with Crippen molar-refractivity contribution in [2.45, 2.75) is 0 Å². The lowest BCUT2D eigenvalue weighted by atomic mass is 10.1. The number of aromatic nitrogens is 1. The van der Waals surface area contributed by atoms with Gasteiger partial charge in [0, 0.05) is 29.1 Å². The maximum absolute atomic E-state index is 11.1. The summed E-state index contributed by atoms with van der Waals surface area (Å²) < 4.78 is 1.98. The molecule has 0 bridgehead atoms. The molecule has 1 N–H and O–H groups in total. The Labute approximate surface area is 110 Å². The van der Waals surface area contributed by atoms with Crippen LogP contribution < -0.4 is 0 Å². The molecule has 0 amide bonds. The number of nitrogens with zero attached hydrogens (tertiary/aromatic N) is 1. The molecule has 3 aromatic rings. The van der Waals surface area contributed by atoms with Gasteiger partial charge in [-0.15, -0.1) is 0 Å². The van der Waals surface area contributed by atoms with Gasteiger partial charge in [0.15, 0.2) is 6.29 Å². The van der Waals surface area contributed by atoms with E-state index in [4.69, 9.17) is 0 Å². The van der Waals surface area contributed by atoms with E-state index in [1.807, 2.05) is 41.9 Å². The minimum atomic E-state index is 0.237. The smallest absolute Gasteiger partial charge is 0.150 e. The molecule has 3 rings (SSSR count). The van der Waals surface area contributed by atoms with Crippen LogP contribution in [0.4, 0.5) is 0 Å². The van der Waals surface area contributed by atoms with Gasteiger partial charge in [-0.3, -0.25) is 4.79 Å². The van der Waals surface area contributed by atoms with Gasteiger partial charge in [0.2, 0.25) is 0 Å². The molecule has 1 aromatic heterocycles. The van der Waals surface area contributed by atoms with E-state index in [0.29, 0.717) is 5.56 Å². The Hall–Kier alpha value is -2.55. The number of para-hydroxylation sites is 1. The number of phenols is 1. The van der Waals surface area contributed by atoms with Gasteiger partial charge in [-0.05, 0) is 24.3 Å². The average molecular weight is 251 g/mol. The molecule has 3 nitrogen and oxygen atoms in total. The highest BCUT2D eigenvalue weighted by Gasteiger charge is 2.12. The summed E-state index contributed by atoms with van der Waals surface area (Å²) in [6.45, 7) is 0. The molecule has 0 saturated carbocycles. The summed E-state index contributed by atoms with van der Waals surface area (Å²) in [6, 6.07) is 14.8. The molecular weight excluding hydrogens is 238 g/mol. The molecule has 0 atom stereocenters. The van der Waals surface area contributed by atoms with E-state index in [2.05, 4.69) is 0 Å². The van der Waals surface area contributed by atoms with Gasteiger partial charge in [-0.2, -0.15) is 0 Å². The number of carbonyl (C=O) groups is 1. The van der Waals surface area contributed by atoms with Crippen LogP contribution in [0.2, 0.25) is 0 Å². The molecule has 0 spiro atoms. The van der Waals surface area contributed by atoms with Crippen molar-refractivity contribution in [1.29, 1.82) is 0 Å². The van der Waals surface area contributed by atoms with Gasteiger partial charge in [-0.1, -0.05) is 24.3 Å². The van der Waals surface area contributed by atoms with Crippen LogP contribution in [-0.4, -0.2) is 16.0 Å². The molecule has 2 aromatic carbocycles. The molecule has 0 aliphatic rings. The molecule has 0 radical (unpaired) electrons. The second-order valence-corrected chi connectivity index (χ2v) is 4.50. The third-order valence-electron chi connectivity index (χ3n) is 3.43. The molecule has 3 heteroatoms. The minimum absolute atomic E-state index is 0.237. The van der Waals surface area contributed by atoms with Crippen LogP contribution in [0.25, 0.3) is 22.2 Å². The highest BCUT2D eigenvalue weighted by molar-refractivity contribution is 6.00. The van der Waals surface area contributed by atoms with Crippen molar-refractivity contribution in [2.24, 2.45) is 7.05 Å². The molecule has 94 valence electrons. The summed E-state index contributed by atoms with van der Waals surface area (Å²) in [4.78, 5) is 11.1. The van der Waals surface area contributed by atoms with Crippen molar-refractivity contribution in [2.75, 3.05) is 0 Å². The topological polar surface area (TPSA) is 42.2 Å². The van der Waals surface area contributed by atoms with E-state index < -0.39 is 0 Å². The van der Waals surface area contributed by atoms with Crippen LogP contribution in [0.5, 0.6) is 5.75 Å². The molecular formula is C16H13NO2. The Bertz CT molecular complexity index is 772.